The van der Waals surface area contributed by atoms with Crippen LogP contribution in [0.3, 0.4) is 0 Å². The Hall–Kier alpha value is -0.860. The normalized spacial score (nSPS) is 14.4. The zero-order chi connectivity index (χ0) is 13.3. The quantitative estimate of drug-likeness (QED) is 0.678. The number of methoxy groups -OCH3 is 1. The lowest BCUT2D eigenvalue weighted by atomic mass is 9.74. The fourth-order valence-electron chi connectivity index (χ4n) is 2.68. The number of hydrogen-bond acceptors (Lipinski definition) is 2. The standard InChI is InChI=1S/C16H27NO/c1-4-16(14-17-2,12-8-9-13-18-3)15-10-6-5-7-11-15/h5-7,10-11,17H,4,8-9,12-14H2,1-3H3. The Kier molecular flexibility index (Phi) is 6.99. The van der Waals surface area contributed by atoms with Crippen LogP contribution in [0.25, 0.3) is 0 Å². The van der Waals surface area contributed by atoms with Gasteiger partial charge < -0.3 is 10.1 Å². The third-order valence-corrected chi connectivity index (χ3v) is 3.83. The summed E-state index contributed by atoms with van der Waals surface area (Å²) in [5.41, 5.74) is 1.73. The van der Waals surface area contributed by atoms with Crippen molar-refractivity contribution in [2.24, 2.45) is 0 Å². The zero-order valence-corrected chi connectivity index (χ0v) is 12.0. The average Bonchev–Trinajstić information content (AvgIpc) is 2.43. The minimum Gasteiger partial charge on any atom is -0.385 e. The molecule has 1 aromatic carbocycles. The van der Waals surface area contributed by atoms with Crippen LogP contribution in [0.4, 0.5) is 0 Å². The number of likely N-dealkylation sites (N-methyl/N-ethyl adjacent to an activating group) is 1. The molecule has 0 fully saturated rings. The summed E-state index contributed by atoms with van der Waals surface area (Å²) in [7, 11) is 3.82. The van der Waals surface area contributed by atoms with Crippen molar-refractivity contribution in [3.05, 3.63) is 35.9 Å². The van der Waals surface area contributed by atoms with Crippen molar-refractivity contribution in [1.29, 1.82) is 0 Å². The molecule has 18 heavy (non-hydrogen) atoms. The van der Waals surface area contributed by atoms with E-state index in [1.54, 1.807) is 7.11 Å². The minimum absolute atomic E-state index is 0.268. The number of ether oxygens (including phenoxy) is 1. The van der Waals surface area contributed by atoms with Gasteiger partial charge in [-0.2, -0.15) is 0 Å². The van der Waals surface area contributed by atoms with Gasteiger partial charge in [0, 0.05) is 25.7 Å². The number of unbranched alkanes of at least 4 members (excludes halogenated alkanes) is 1. The molecule has 0 bridgehead atoms. The highest BCUT2D eigenvalue weighted by Crippen LogP contribution is 2.32. The van der Waals surface area contributed by atoms with Gasteiger partial charge in [-0.05, 0) is 31.9 Å². The summed E-state index contributed by atoms with van der Waals surface area (Å²) in [4.78, 5) is 0. The van der Waals surface area contributed by atoms with Crippen LogP contribution in [-0.4, -0.2) is 27.3 Å². The van der Waals surface area contributed by atoms with Gasteiger partial charge in [0.25, 0.3) is 0 Å². The molecule has 0 aliphatic heterocycles. The molecule has 2 nitrogen and oxygen atoms in total. The van der Waals surface area contributed by atoms with Gasteiger partial charge in [0.1, 0.15) is 0 Å². The molecule has 0 heterocycles. The maximum atomic E-state index is 5.14. The van der Waals surface area contributed by atoms with Crippen LogP contribution in [0.5, 0.6) is 0 Å². The molecule has 2 heteroatoms. The highest BCUT2D eigenvalue weighted by molar-refractivity contribution is 5.25. The molecule has 1 aromatic rings. The van der Waals surface area contributed by atoms with E-state index in [4.69, 9.17) is 4.74 Å². The smallest absolute Gasteiger partial charge is 0.0462 e. The van der Waals surface area contributed by atoms with E-state index < -0.39 is 0 Å². The zero-order valence-electron chi connectivity index (χ0n) is 12.0. The van der Waals surface area contributed by atoms with E-state index >= 15 is 0 Å². The van der Waals surface area contributed by atoms with Gasteiger partial charge >= 0.3 is 0 Å². The van der Waals surface area contributed by atoms with E-state index in [0.717, 1.165) is 19.6 Å². The van der Waals surface area contributed by atoms with Gasteiger partial charge in [0.2, 0.25) is 0 Å². The molecule has 1 N–H and O–H groups in total. The fourth-order valence-corrected chi connectivity index (χ4v) is 2.68. The molecule has 1 atom stereocenters. The largest absolute Gasteiger partial charge is 0.385 e. The topological polar surface area (TPSA) is 21.3 Å². The average molecular weight is 249 g/mol. The monoisotopic (exact) mass is 249 g/mol. The molecule has 0 aliphatic rings. The van der Waals surface area contributed by atoms with Crippen molar-refractivity contribution in [3.8, 4) is 0 Å². The molecule has 0 saturated heterocycles. The Bertz CT molecular complexity index is 312. The van der Waals surface area contributed by atoms with Crippen LogP contribution in [0.2, 0.25) is 0 Å². The van der Waals surface area contributed by atoms with Gasteiger partial charge in [0.05, 0.1) is 0 Å². The van der Waals surface area contributed by atoms with Crippen molar-refractivity contribution < 1.29 is 4.74 Å². The Morgan fingerprint density at radius 2 is 1.89 bits per heavy atom. The predicted molar refractivity (Wildman–Crippen MR) is 78.1 cm³/mol. The highest BCUT2D eigenvalue weighted by Gasteiger charge is 2.28. The molecule has 0 saturated carbocycles. The molecule has 102 valence electrons. The molecule has 1 unspecified atom stereocenters. The number of nitrogens with one attached hydrogen (secondary N) is 1. The Balaban J connectivity index is 2.74. The van der Waals surface area contributed by atoms with Crippen LogP contribution >= 0.6 is 0 Å². The van der Waals surface area contributed by atoms with E-state index in [1.807, 2.05) is 7.05 Å². The van der Waals surface area contributed by atoms with E-state index in [1.165, 1.54) is 24.8 Å². The number of benzene rings is 1. The lowest BCUT2D eigenvalue weighted by molar-refractivity contribution is 0.188. The molecule has 1 rings (SSSR count). The first kappa shape index (κ1) is 15.2. The molecular weight excluding hydrogens is 222 g/mol. The second kappa shape index (κ2) is 8.28. The number of rotatable bonds is 9. The molecule has 0 amide bonds. The molecule has 0 spiro atoms. The van der Waals surface area contributed by atoms with Crippen LogP contribution in [0.1, 0.15) is 38.2 Å². The molecular formula is C16H27NO. The van der Waals surface area contributed by atoms with Crippen molar-refractivity contribution in [3.63, 3.8) is 0 Å². The first-order valence-electron chi connectivity index (χ1n) is 6.98. The van der Waals surface area contributed by atoms with Crippen molar-refractivity contribution in [2.45, 2.75) is 38.0 Å². The van der Waals surface area contributed by atoms with Crippen LogP contribution in [0, 0.1) is 0 Å². The maximum absolute atomic E-state index is 5.14. The van der Waals surface area contributed by atoms with E-state index in [2.05, 4.69) is 42.6 Å². The first-order valence-corrected chi connectivity index (χ1v) is 6.98. The summed E-state index contributed by atoms with van der Waals surface area (Å²) in [6.07, 6.45) is 4.76. The van der Waals surface area contributed by atoms with Gasteiger partial charge in [-0.15, -0.1) is 0 Å². The summed E-state index contributed by atoms with van der Waals surface area (Å²) < 4.78 is 5.14. The van der Waals surface area contributed by atoms with Crippen LogP contribution in [-0.2, 0) is 10.2 Å². The number of hydrogen-bond donors (Lipinski definition) is 1. The SMILES string of the molecule is CCC(CCCCOC)(CNC)c1ccccc1. The first-order chi connectivity index (χ1) is 8.79. The summed E-state index contributed by atoms with van der Waals surface area (Å²) in [6, 6.07) is 10.9. The Morgan fingerprint density at radius 3 is 2.44 bits per heavy atom. The Morgan fingerprint density at radius 1 is 1.17 bits per heavy atom. The van der Waals surface area contributed by atoms with Crippen LogP contribution in [0.15, 0.2) is 30.3 Å². The van der Waals surface area contributed by atoms with Crippen molar-refractivity contribution in [1.82, 2.24) is 5.32 Å². The Labute approximate surface area is 112 Å². The second-order valence-electron chi connectivity index (χ2n) is 4.98. The maximum Gasteiger partial charge on any atom is 0.0462 e. The minimum atomic E-state index is 0.268. The molecule has 0 aliphatic carbocycles. The summed E-state index contributed by atoms with van der Waals surface area (Å²) >= 11 is 0. The van der Waals surface area contributed by atoms with Crippen molar-refractivity contribution in [2.75, 3.05) is 27.3 Å². The van der Waals surface area contributed by atoms with E-state index in [-0.39, 0.29) is 5.41 Å². The van der Waals surface area contributed by atoms with Crippen molar-refractivity contribution >= 4 is 0 Å². The van der Waals surface area contributed by atoms with E-state index in [9.17, 15) is 0 Å². The third kappa shape index (κ3) is 4.11. The summed E-state index contributed by atoms with van der Waals surface area (Å²) in [5, 5.41) is 3.37. The second-order valence-corrected chi connectivity index (χ2v) is 4.98. The molecule has 0 aromatic heterocycles. The highest BCUT2D eigenvalue weighted by atomic mass is 16.5. The lowest BCUT2D eigenvalue weighted by Crippen LogP contribution is -2.36. The predicted octanol–water partition coefficient (Wildman–Crippen LogP) is 3.37. The lowest BCUT2D eigenvalue weighted by Gasteiger charge is -2.33. The van der Waals surface area contributed by atoms with Gasteiger partial charge in [0.15, 0.2) is 0 Å². The third-order valence-electron chi connectivity index (χ3n) is 3.83. The van der Waals surface area contributed by atoms with E-state index in [0.29, 0.717) is 0 Å². The van der Waals surface area contributed by atoms with Gasteiger partial charge in [-0.1, -0.05) is 43.7 Å². The van der Waals surface area contributed by atoms with Gasteiger partial charge in [-0.3, -0.25) is 0 Å². The molecule has 0 radical (unpaired) electrons. The van der Waals surface area contributed by atoms with Crippen LogP contribution < -0.4 is 5.32 Å². The summed E-state index contributed by atoms with van der Waals surface area (Å²) in [6.45, 7) is 4.20. The van der Waals surface area contributed by atoms with Gasteiger partial charge in [-0.25, -0.2) is 0 Å². The summed E-state index contributed by atoms with van der Waals surface area (Å²) in [5.74, 6) is 0. The fraction of sp³-hybridized carbons (Fsp3) is 0.625.